The summed E-state index contributed by atoms with van der Waals surface area (Å²) < 4.78 is 5.37. The van der Waals surface area contributed by atoms with Gasteiger partial charge in [-0.1, -0.05) is 24.3 Å². The first-order chi connectivity index (χ1) is 13.5. The molecule has 5 heteroatoms. The molecule has 0 saturated carbocycles. The predicted molar refractivity (Wildman–Crippen MR) is 113 cm³/mol. The molecular weight excluding hydrogens is 350 g/mol. The Labute approximate surface area is 165 Å². The Morgan fingerprint density at radius 2 is 1.75 bits per heavy atom. The molecule has 0 aliphatic heterocycles. The molecule has 1 heterocycles. The number of nitrogens with zero attached hydrogens (tertiary/aromatic N) is 1. The second kappa shape index (κ2) is 9.04. The van der Waals surface area contributed by atoms with Crippen molar-refractivity contribution in [1.29, 1.82) is 0 Å². The molecule has 144 valence electrons. The molecule has 5 nitrogen and oxygen atoms in total. The third-order valence-electron chi connectivity index (χ3n) is 4.39. The first-order valence-electron chi connectivity index (χ1n) is 9.26. The van der Waals surface area contributed by atoms with Crippen LogP contribution in [0.4, 0.5) is 11.4 Å². The Morgan fingerprint density at radius 3 is 2.43 bits per heavy atom. The van der Waals surface area contributed by atoms with E-state index in [1.165, 1.54) is 0 Å². The zero-order valence-corrected chi connectivity index (χ0v) is 16.5. The van der Waals surface area contributed by atoms with E-state index in [0.717, 1.165) is 46.8 Å². The van der Waals surface area contributed by atoms with E-state index in [4.69, 9.17) is 4.74 Å². The number of benzene rings is 2. The fraction of sp³-hybridized carbons (Fsp3) is 0.217. The van der Waals surface area contributed by atoms with Gasteiger partial charge in [-0.2, -0.15) is 0 Å². The third-order valence-corrected chi connectivity index (χ3v) is 4.39. The molecule has 0 spiro atoms. The van der Waals surface area contributed by atoms with E-state index in [0.29, 0.717) is 5.69 Å². The maximum Gasteiger partial charge on any atom is 0.274 e. The molecule has 1 amide bonds. The van der Waals surface area contributed by atoms with Crippen LogP contribution < -0.4 is 15.4 Å². The van der Waals surface area contributed by atoms with Gasteiger partial charge in [0, 0.05) is 12.2 Å². The number of carbonyl (C=O) groups is 1. The molecule has 2 aromatic carbocycles. The summed E-state index contributed by atoms with van der Waals surface area (Å²) in [6.07, 6.45) is 2.51. The number of aromatic nitrogens is 1. The predicted octanol–water partition coefficient (Wildman–Crippen LogP) is 4.61. The van der Waals surface area contributed by atoms with Gasteiger partial charge < -0.3 is 15.4 Å². The van der Waals surface area contributed by atoms with Crippen molar-refractivity contribution < 1.29 is 9.53 Å². The summed E-state index contributed by atoms with van der Waals surface area (Å²) in [7, 11) is 1.68. The highest BCUT2D eigenvalue weighted by molar-refractivity contribution is 6.03. The van der Waals surface area contributed by atoms with Crippen molar-refractivity contribution in [3.05, 3.63) is 83.2 Å². The molecule has 0 bridgehead atoms. The second-order valence-corrected chi connectivity index (χ2v) is 6.75. The number of para-hydroxylation sites is 1. The molecule has 3 rings (SSSR count). The molecule has 28 heavy (non-hydrogen) atoms. The zero-order chi connectivity index (χ0) is 19.9. The normalized spacial score (nSPS) is 10.4. The van der Waals surface area contributed by atoms with E-state index < -0.39 is 0 Å². The summed E-state index contributed by atoms with van der Waals surface area (Å²) in [5.74, 6) is 0.673. The molecule has 3 aromatic rings. The van der Waals surface area contributed by atoms with Gasteiger partial charge in [0.25, 0.3) is 5.91 Å². The van der Waals surface area contributed by atoms with Gasteiger partial charge in [-0.05, 0) is 67.3 Å². The standard InChI is InChI=1S/C23H25N3O2/c1-16-12-17(2)14-20(13-16)26-23(27)21-9-8-19(15-25-21)24-11-10-18-6-4-5-7-22(18)28-3/h4-9,12-15,24H,10-11H2,1-3H3,(H,26,27). The van der Waals surface area contributed by atoms with Gasteiger partial charge in [0.05, 0.1) is 19.0 Å². The Morgan fingerprint density at radius 1 is 1.00 bits per heavy atom. The Bertz CT molecular complexity index is 932. The zero-order valence-electron chi connectivity index (χ0n) is 16.5. The smallest absolute Gasteiger partial charge is 0.274 e. The van der Waals surface area contributed by atoms with Crippen LogP contribution in [0, 0.1) is 13.8 Å². The summed E-state index contributed by atoms with van der Waals surface area (Å²) in [5, 5.41) is 6.23. The summed E-state index contributed by atoms with van der Waals surface area (Å²) >= 11 is 0. The minimum Gasteiger partial charge on any atom is -0.496 e. The van der Waals surface area contributed by atoms with Crippen molar-refractivity contribution in [1.82, 2.24) is 4.98 Å². The van der Waals surface area contributed by atoms with Crippen molar-refractivity contribution in [3.8, 4) is 5.75 Å². The van der Waals surface area contributed by atoms with Crippen LogP contribution in [-0.2, 0) is 6.42 Å². The van der Waals surface area contributed by atoms with Gasteiger partial charge in [0.2, 0.25) is 0 Å². The monoisotopic (exact) mass is 375 g/mol. The van der Waals surface area contributed by atoms with Gasteiger partial charge >= 0.3 is 0 Å². The first-order valence-corrected chi connectivity index (χ1v) is 9.26. The van der Waals surface area contributed by atoms with E-state index in [1.54, 1.807) is 19.4 Å². The number of carbonyl (C=O) groups excluding carboxylic acids is 1. The van der Waals surface area contributed by atoms with Gasteiger partial charge in [0.15, 0.2) is 0 Å². The van der Waals surface area contributed by atoms with Crippen LogP contribution in [0.1, 0.15) is 27.2 Å². The molecular formula is C23H25N3O2. The maximum atomic E-state index is 12.4. The molecule has 1 aromatic heterocycles. The number of pyridine rings is 1. The topological polar surface area (TPSA) is 63.2 Å². The largest absolute Gasteiger partial charge is 0.496 e. The average molecular weight is 375 g/mol. The lowest BCUT2D eigenvalue weighted by molar-refractivity contribution is 0.102. The average Bonchev–Trinajstić information content (AvgIpc) is 2.68. The molecule has 0 unspecified atom stereocenters. The molecule has 0 radical (unpaired) electrons. The van der Waals surface area contributed by atoms with Gasteiger partial charge in [0.1, 0.15) is 11.4 Å². The number of rotatable bonds is 7. The van der Waals surface area contributed by atoms with E-state index >= 15 is 0 Å². The van der Waals surface area contributed by atoms with Gasteiger partial charge in [-0.3, -0.25) is 4.79 Å². The molecule has 0 aliphatic rings. The molecule has 0 atom stereocenters. The molecule has 2 N–H and O–H groups in total. The van der Waals surface area contributed by atoms with Crippen LogP contribution in [-0.4, -0.2) is 24.5 Å². The summed E-state index contributed by atoms with van der Waals surface area (Å²) in [4.78, 5) is 16.7. The highest BCUT2D eigenvalue weighted by Crippen LogP contribution is 2.18. The Hall–Kier alpha value is -3.34. The quantitative estimate of drug-likeness (QED) is 0.633. The van der Waals surface area contributed by atoms with E-state index in [9.17, 15) is 4.79 Å². The number of methoxy groups -OCH3 is 1. The molecule has 0 saturated heterocycles. The lowest BCUT2D eigenvalue weighted by atomic mass is 10.1. The van der Waals surface area contributed by atoms with Crippen molar-refractivity contribution in [2.75, 3.05) is 24.3 Å². The Kier molecular flexibility index (Phi) is 6.27. The number of ether oxygens (including phenoxy) is 1. The van der Waals surface area contributed by atoms with Gasteiger partial charge in [-0.25, -0.2) is 4.98 Å². The highest BCUT2D eigenvalue weighted by Gasteiger charge is 2.08. The van der Waals surface area contributed by atoms with E-state index in [1.807, 2.05) is 50.2 Å². The molecule has 0 aliphatic carbocycles. The fourth-order valence-corrected chi connectivity index (χ4v) is 3.13. The van der Waals surface area contributed by atoms with Crippen molar-refractivity contribution in [2.45, 2.75) is 20.3 Å². The minimum absolute atomic E-state index is 0.217. The number of hydrogen-bond donors (Lipinski definition) is 2. The first kappa shape index (κ1) is 19.4. The highest BCUT2D eigenvalue weighted by atomic mass is 16.5. The van der Waals surface area contributed by atoms with Crippen LogP contribution in [0.3, 0.4) is 0 Å². The summed E-state index contributed by atoms with van der Waals surface area (Å²) in [5.41, 5.74) is 5.40. The molecule has 0 fully saturated rings. The number of anilines is 2. The van der Waals surface area contributed by atoms with Gasteiger partial charge in [-0.15, -0.1) is 0 Å². The van der Waals surface area contributed by atoms with E-state index in [2.05, 4.69) is 27.8 Å². The third kappa shape index (κ3) is 5.10. The minimum atomic E-state index is -0.217. The van der Waals surface area contributed by atoms with Crippen LogP contribution >= 0.6 is 0 Å². The second-order valence-electron chi connectivity index (χ2n) is 6.75. The fourth-order valence-electron chi connectivity index (χ4n) is 3.13. The van der Waals surface area contributed by atoms with Crippen molar-refractivity contribution >= 4 is 17.3 Å². The Balaban J connectivity index is 1.56. The maximum absolute atomic E-state index is 12.4. The van der Waals surface area contributed by atoms with Crippen molar-refractivity contribution in [2.24, 2.45) is 0 Å². The number of amides is 1. The van der Waals surface area contributed by atoms with E-state index in [-0.39, 0.29) is 5.91 Å². The van der Waals surface area contributed by atoms with Crippen molar-refractivity contribution in [3.63, 3.8) is 0 Å². The van der Waals surface area contributed by atoms with Crippen LogP contribution in [0.25, 0.3) is 0 Å². The summed E-state index contributed by atoms with van der Waals surface area (Å²) in [6.45, 7) is 4.76. The number of aryl methyl sites for hydroxylation is 2. The lowest BCUT2D eigenvalue weighted by Crippen LogP contribution is -2.14. The van der Waals surface area contributed by atoms with Crippen LogP contribution in [0.15, 0.2) is 60.8 Å². The SMILES string of the molecule is COc1ccccc1CCNc1ccc(C(=O)Nc2cc(C)cc(C)c2)nc1. The lowest BCUT2D eigenvalue weighted by Gasteiger charge is -2.10. The van der Waals surface area contributed by atoms with Crippen LogP contribution in [0.5, 0.6) is 5.75 Å². The number of nitrogens with one attached hydrogen (secondary N) is 2. The van der Waals surface area contributed by atoms with Crippen LogP contribution in [0.2, 0.25) is 0 Å². The number of hydrogen-bond acceptors (Lipinski definition) is 4. The summed E-state index contributed by atoms with van der Waals surface area (Å²) in [6, 6.07) is 17.5.